The van der Waals surface area contributed by atoms with Crippen LogP contribution in [0.2, 0.25) is 0 Å². The number of hydrogen-bond donors (Lipinski definition) is 2. The van der Waals surface area contributed by atoms with E-state index in [1.807, 2.05) is 14.0 Å². The zero-order valence-corrected chi connectivity index (χ0v) is 8.99. The van der Waals surface area contributed by atoms with Crippen LogP contribution < -0.4 is 17.0 Å². The number of rotatable bonds is 4. The van der Waals surface area contributed by atoms with Gasteiger partial charge < -0.3 is 10.6 Å². The first-order chi connectivity index (χ1) is 7.04. The zero-order chi connectivity index (χ0) is 11.4. The second kappa shape index (κ2) is 4.79. The number of nitrogens with zero attached hydrogens (tertiary/aromatic N) is 2. The Bertz CT molecular complexity index is 434. The zero-order valence-electron chi connectivity index (χ0n) is 8.99. The molecule has 15 heavy (non-hydrogen) atoms. The summed E-state index contributed by atoms with van der Waals surface area (Å²) in [6, 6.07) is 1.22. The van der Waals surface area contributed by atoms with Gasteiger partial charge in [0, 0.05) is 19.2 Å². The molecule has 1 heterocycles. The number of aromatic amines is 1. The van der Waals surface area contributed by atoms with Crippen LogP contribution in [0.1, 0.15) is 6.92 Å². The lowest BCUT2D eigenvalue weighted by molar-refractivity contribution is 0.333. The molecule has 1 rings (SSSR count). The van der Waals surface area contributed by atoms with Gasteiger partial charge >= 0.3 is 5.69 Å². The van der Waals surface area contributed by atoms with Crippen molar-refractivity contribution in [2.45, 2.75) is 13.5 Å². The Kier molecular flexibility index (Phi) is 3.68. The number of likely N-dealkylation sites (N-methyl/N-ethyl adjacent to an activating group) is 1. The normalized spacial score (nSPS) is 10.9. The van der Waals surface area contributed by atoms with E-state index in [-0.39, 0.29) is 5.82 Å². The first kappa shape index (κ1) is 11.5. The van der Waals surface area contributed by atoms with Crippen molar-refractivity contribution in [3.8, 4) is 0 Å². The standard InChI is InChI=1S/C9H16N4O2/c1-3-12(2)4-5-13-7(10)6-8(14)11-9(13)15/h6H,3-5,10H2,1-2H3,(H,11,14,15). The van der Waals surface area contributed by atoms with Gasteiger partial charge in [-0.05, 0) is 13.6 Å². The van der Waals surface area contributed by atoms with E-state index in [9.17, 15) is 9.59 Å². The first-order valence-electron chi connectivity index (χ1n) is 4.82. The lowest BCUT2D eigenvalue weighted by Gasteiger charge is -2.15. The molecule has 6 heteroatoms. The lowest BCUT2D eigenvalue weighted by Crippen LogP contribution is -2.34. The van der Waals surface area contributed by atoms with Gasteiger partial charge in [0.05, 0.1) is 0 Å². The third kappa shape index (κ3) is 2.95. The topological polar surface area (TPSA) is 84.1 Å². The molecular weight excluding hydrogens is 196 g/mol. The minimum absolute atomic E-state index is 0.202. The van der Waals surface area contributed by atoms with Gasteiger partial charge in [0.15, 0.2) is 0 Å². The van der Waals surface area contributed by atoms with Crippen molar-refractivity contribution in [1.29, 1.82) is 0 Å². The van der Waals surface area contributed by atoms with Crippen LogP contribution in [0, 0.1) is 0 Å². The van der Waals surface area contributed by atoms with Crippen molar-refractivity contribution in [2.75, 3.05) is 25.9 Å². The average Bonchev–Trinajstić information content (AvgIpc) is 2.15. The number of hydrogen-bond acceptors (Lipinski definition) is 4. The molecule has 0 aliphatic rings. The molecule has 0 aliphatic carbocycles. The van der Waals surface area contributed by atoms with Crippen molar-refractivity contribution >= 4 is 5.82 Å². The molecule has 0 saturated heterocycles. The molecule has 0 atom stereocenters. The van der Waals surface area contributed by atoms with Crippen LogP contribution >= 0.6 is 0 Å². The van der Waals surface area contributed by atoms with E-state index in [2.05, 4.69) is 9.88 Å². The molecule has 3 N–H and O–H groups in total. The van der Waals surface area contributed by atoms with E-state index in [1.54, 1.807) is 0 Å². The number of anilines is 1. The highest BCUT2D eigenvalue weighted by molar-refractivity contribution is 5.25. The molecule has 0 saturated carbocycles. The molecule has 1 aromatic heterocycles. The van der Waals surface area contributed by atoms with Crippen LogP contribution in [-0.4, -0.2) is 34.6 Å². The SMILES string of the molecule is CCN(C)CCn1c(N)cc(=O)[nH]c1=O. The monoisotopic (exact) mass is 212 g/mol. The van der Waals surface area contributed by atoms with Crippen LogP contribution in [0.5, 0.6) is 0 Å². The molecule has 0 radical (unpaired) electrons. The summed E-state index contributed by atoms with van der Waals surface area (Å²) >= 11 is 0. The van der Waals surface area contributed by atoms with E-state index < -0.39 is 11.2 Å². The van der Waals surface area contributed by atoms with Crippen LogP contribution in [0.4, 0.5) is 5.82 Å². The Morgan fingerprint density at radius 1 is 1.53 bits per heavy atom. The molecule has 1 aromatic rings. The minimum Gasteiger partial charge on any atom is -0.385 e. The lowest BCUT2D eigenvalue weighted by atomic mass is 10.5. The molecule has 0 aliphatic heterocycles. The van der Waals surface area contributed by atoms with E-state index >= 15 is 0 Å². The van der Waals surface area contributed by atoms with Crippen LogP contribution in [-0.2, 0) is 6.54 Å². The third-order valence-corrected chi connectivity index (χ3v) is 2.31. The maximum Gasteiger partial charge on any atom is 0.329 e. The smallest absolute Gasteiger partial charge is 0.329 e. The highest BCUT2D eigenvalue weighted by Gasteiger charge is 2.03. The summed E-state index contributed by atoms with van der Waals surface area (Å²) < 4.78 is 1.35. The van der Waals surface area contributed by atoms with E-state index in [1.165, 1.54) is 10.6 Å². The van der Waals surface area contributed by atoms with Gasteiger partial charge in [-0.25, -0.2) is 4.79 Å². The highest BCUT2D eigenvalue weighted by Crippen LogP contribution is 1.93. The molecule has 84 valence electrons. The summed E-state index contributed by atoms with van der Waals surface area (Å²) in [4.78, 5) is 26.5. The van der Waals surface area contributed by atoms with Gasteiger partial charge in [0.2, 0.25) is 0 Å². The summed E-state index contributed by atoms with van der Waals surface area (Å²) in [5, 5.41) is 0. The van der Waals surface area contributed by atoms with E-state index in [0.717, 1.165) is 6.54 Å². The molecule has 0 amide bonds. The van der Waals surface area contributed by atoms with Crippen molar-refractivity contribution in [2.24, 2.45) is 0 Å². The summed E-state index contributed by atoms with van der Waals surface area (Å²) in [6.07, 6.45) is 0. The summed E-state index contributed by atoms with van der Waals surface area (Å²) in [6.45, 7) is 4.12. The molecule has 0 fully saturated rings. The molecule has 0 aromatic carbocycles. The van der Waals surface area contributed by atoms with Crippen LogP contribution in [0.15, 0.2) is 15.7 Å². The maximum atomic E-state index is 11.4. The first-order valence-corrected chi connectivity index (χ1v) is 4.82. The summed E-state index contributed by atoms with van der Waals surface area (Å²) in [7, 11) is 1.95. The van der Waals surface area contributed by atoms with Gasteiger partial charge in [-0.2, -0.15) is 0 Å². The average molecular weight is 212 g/mol. The largest absolute Gasteiger partial charge is 0.385 e. The van der Waals surface area contributed by atoms with Crippen molar-refractivity contribution in [3.05, 3.63) is 26.9 Å². The Balaban J connectivity index is 2.86. The van der Waals surface area contributed by atoms with Gasteiger partial charge in [-0.3, -0.25) is 14.3 Å². The predicted molar refractivity (Wildman–Crippen MR) is 58.9 cm³/mol. The summed E-state index contributed by atoms with van der Waals surface area (Å²) in [5.74, 6) is 0.202. The second-order valence-corrected chi connectivity index (χ2v) is 3.41. The van der Waals surface area contributed by atoms with Crippen LogP contribution in [0.25, 0.3) is 0 Å². The van der Waals surface area contributed by atoms with Crippen molar-refractivity contribution < 1.29 is 0 Å². The maximum absolute atomic E-state index is 11.4. The molecule has 6 nitrogen and oxygen atoms in total. The predicted octanol–water partition coefficient (Wildman–Crippen LogP) is -0.929. The van der Waals surface area contributed by atoms with Crippen molar-refractivity contribution in [1.82, 2.24) is 14.5 Å². The summed E-state index contributed by atoms with van der Waals surface area (Å²) in [5.41, 5.74) is 4.66. The Labute approximate surface area is 87.3 Å². The third-order valence-electron chi connectivity index (χ3n) is 2.31. The fourth-order valence-corrected chi connectivity index (χ4v) is 1.20. The molecule has 0 spiro atoms. The molecule has 0 bridgehead atoms. The minimum atomic E-state index is -0.461. The number of nitrogens with two attached hydrogens (primary N) is 1. The van der Waals surface area contributed by atoms with Gasteiger partial charge in [0.25, 0.3) is 5.56 Å². The van der Waals surface area contributed by atoms with E-state index in [4.69, 9.17) is 5.73 Å². The van der Waals surface area contributed by atoms with Gasteiger partial charge in [0.1, 0.15) is 5.82 Å². The van der Waals surface area contributed by atoms with Crippen LogP contribution in [0.3, 0.4) is 0 Å². The molecular formula is C9H16N4O2. The Morgan fingerprint density at radius 2 is 2.20 bits per heavy atom. The number of nitrogen functional groups attached to an aromatic ring is 1. The van der Waals surface area contributed by atoms with Gasteiger partial charge in [-0.1, -0.05) is 6.92 Å². The number of nitrogens with one attached hydrogen (secondary N) is 1. The fraction of sp³-hybridized carbons (Fsp3) is 0.556. The Hall–Kier alpha value is -1.56. The molecule has 0 unspecified atom stereocenters. The van der Waals surface area contributed by atoms with E-state index in [0.29, 0.717) is 13.1 Å². The fourth-order valence-electron chi connectivity index (χ4n) is 1.20. The number of aromatic nitrogens is 2. The second-order valence-electron chi connectivity index (χ2n) is 3.41. The highest BCUT2D eigenvalue weighted by atomic mass is 16.2. The van der Waals surface area contributed by atoms with Gasteiger partial charge in [-0.15, -0.1) is 0 Å². The van der Waals surface area contributed by atoms with Crippen molar-refractivity contribution in [3.63, 3.8) is 0 Å². The number of H-pyrrole nitrogens is 1. The quantitative estimate of drug-likeness (QED) is 0.675. The Morgan fingerprint density at radius 3 is 2.73 bits per heavy atom.